The van der Waals surface area contributed by atoms with Crippen LogP contribution >= 0.6 is 0 Å². The van der Waals surface area contributed by atoms with Gasteiger partial charge in [0.25, 0.3) is 0 Å². The molecule has 0 amide bonds. The summed E-state index contributed by atoms with van der Waals surface area (Å²) in [5.41, 5.74) is 4.20. The van der Waals surface area contributed by atoms with E-state index in [0.717, 1.165) is 11.4 Å². The second-order valence-corrected chi connectivity index (χ2v) is 2.00. The Labute approximate surface area is 63.1 Å². The Balaban J connectivity index is 2.29. The first kappa shape index (κ1) is 6.03. The minimum Gasteiger partial charge on any atom is -0.451 e. The third-order valence-corrected chi connectivity index (χ3v) is 1.29. The molecule has 1 aromatic heterocycles. The van der Waals surface area contributed by atoms with Crippen LogP contribution in [0.1, 0.15) is 5.69 Å². The molecule has 1 N–H and O–H groups in total. The SMILES string of the molecule is C1=CONC(c2cocn2)=C1. The van der Waals surface area contributed by atoms with Crippen molar-refractivity contribution in [3.05, 3.63) is 36.8 Å². The van der Waals surface area contributed by atoms with E-state index >= 15 is 0 Å². The maximum Gasteiger partial charge on any atom is 0.181 e. The van der Waals surface area contributed by atoms with E-state index < -0.39 is 0 Å². The predicted molar refractivity (Wildman–Crippen MR) is 37.8 cm³/mol. The van der Waals surface area contributed by atoms with Gasteiger partial charge >= 0.3 is 0 Å². The van der Waals surface area contributed by atoms with Crippen LogP contribution in [0.15, 0.2) is 35.5 Å². The van der Waals surface area contributed by atoms with Crippen molar-refractivity contribution in [2.24, 2.45) is 0 Å². The van der Waals surface area contributed by atoms with Crippen molar-refractivity contribution < 1.29 is 9.25 Å². The van der Waals surface area contributed by atoms with Gasteiger partial charge in [-0.2, -0.15) is 0 Å². The van der Waals surface area contributed by atoms with E-state index in [1.54, 1.807) is 18.6 Å². The first-order valence-electron chi connectivity index (χ1n) is 3.14. The zero-order valence-corrected chi connectivity index (χ0v) is 5.65. The molecule has 0 fully saturated rings. The molecule has 0 aliphatic carbocycles. The number of nitrogens with zero attached hydrogens (tertiary/aromatic N) is 1. The molecule has 1 aliphatic rings. The highest BCUT2D eigenvalue weighted by Gasteiger charge is 2.04. The van der Waals surface area contributed by atoms with Gasteiger partial charge in [-0.1, -0.05) is 0 Å². The van der Waals surface area contributed by atoms with E-state index in [9.17, 15) is 0 Å². The van der Waals surface area contributed by atoms with Gasteiger partial charge < -0.3 is 9.25 Å². The number of allylic oxidation sites excluding steroid dienone is 2. The van der Waals surface area contributed by atoms with Crippen LogP contribution in [0.25, 0.3) is 5.70 Å². The molecule has 2 rings (SSSR count). The fourth-order valence-corrected chi connectivity index (χ4v) is 0.790. The molecule has 0 aromatic carbocycles. The minimum atomic E-state index is 0.731. The summed E-state index contributed by atoms with van der Waals surface area (Å²) in [7, 11) is 0. The second-order valence-electron chi connectivity index (χ2n) is 2.00. The minimum absolute atomic E-state index is 0.731. The molecule has 4 nitrogen and oxygen atoms in total. The summed E-state index contributed by atoms with van der Waals surface area (Å²) in [6, 6.07) is 0. The maximum absolute atomic E-state index is 4.83. The molecule has 0 unspecified atom stereocenters. The van der Waals surface area contributed by atoms with Crippen LogP contribution in [0, 0.1) is 0 Å². The number of hydrogen-bond acceptors (Lipinski definition) is 4. The molecular formula is C7H6N2O2. The number of rotatable bonds is 1. The Morgan fingerprint density at radius 3 is 3.09 bits per heavy atom. The fraction of sp³-hybridized carbons (Fsp3) is 0. The average molecular weight is 150 g/mol. The number of aromatic nitrogens is 1. The normalized spacial score (nSPS) is 15.1. The van der Waals surface area contributed by atoms with Gasteiger partial charge in [-0.25, -0.2) is 10.5 Å². The van der Waals surface area contributed by atoms with Gasteiger partial charge in [0.2, 0.25) is 0 Å². The topological polar surface area (TPSA) is 47.3 Å². The van der Waals surface area contributed by atoms with E-state index in [1.807, 2.05) is 6.08 Å². The number of nitrogens with one attached hydrogen (secondary N) is 1. The van der Waals surface area contributed by atoms with Crippen molar-refractivity contribution in [3.63, 3.8) is 0 Å². The lowest BCUT2D eigenvalue weighted by atomic mass is 10.3. The lowest BCUT2D eigenvalue weighted by Gasteiger charge is -2.08. The Morgan fingerprint density at radius 2 is 2.45 bits per heavy atom. The van der Waals surface area contributed by atoms with Crippen molar-refractivity contribution in [1.82, 2.24) is 10.5 Å². The third-order valence-electron chi connectivity index (χ3n) is 1.29. The summed E-state index contributed by atoms with van der Waals surface area (Å²) in [6.45, 7) is 0. The van der Waals surface area contributed by atoms with Gasteiger partial charge in [-0.05, 0) is 12.2 Å². The molecule has 0 spiro atoms. The molecule has 0 saturated heterocycles. The molecule has 4 heteroatoms. The number of hydroxylamine groups is 1. The number of hydrogen-bond donors (Lipinski definition) is 1. The highest BCUT2D eigenvalue weighted by atomic mass is 16.6. The molecule has 0 atom stereocenters. The molecule has 2 heterocycles. The van der Waals surface area contributed by atoms with Crippen LogP contribution in [0.2, 0.25) is 0 Å². The zero-order chi connectivity index (χ0) is 7.52. The lowest BCUT2D eigenvalue weighted by Crippen LogP contribution is -2.11. The molecule has 0 saturated carbocycles. The zero-order valence-electron chi connectivity index (χ0n) is 5.65. The molecule has 1 aromatic rings. The highest BCUT2D eigenvalue weighted by molar-refractivity contribution is 5.61. The maximum atomic E-state index is 4.83. The lowest BCUT2D eigenvalue weighted by molar-refractivity contribution is 0.181. The molecule has 0 radical (unpaired) electrons. The van der Waals surface area contributed by atoms with Gasteiger partial charge in [0.15, 0.2) is 6.39 Å². The van der Waals surface area contributed by atoms with Crippen molar-refractivity contribution >= 4 is 5.70 Å². The van der Waals surface area contributed by atoms with E-state index in [2.05, 4.69) is 10.5 Å². The van der Waals surface area contributed by atoms with E-state index in [0.29, 0.717) is 0 Å². The monoisotopic (exact) mass is 150 g/mol. The van der Waals surface area contributed by atoms with Crippen LogP contribution in [0.5, 0.6) is 0 Å². The highest BCUT2D eigenvalue weighted by Crippen LogP contribution is 2.10. The Morgan fingerprint density at radius 1 is 1.45 bits per heavy atom. The van der Waals surface area contributed by atoms with Crippen LogP contribution in [0.3, 0.4) is 0 Å². The molecule has 1 aliphatic heterocycles. The second kappa shape index (κ2) is 2.49. The standard InChI is InChI=1S/C7H6N2O2/c1-2-6(9-11-3-1)7-4-10-5-8-7/h1-5,9H. The Kier molecular flexibility index (Phi) is 1.37. The summed E-state index contributed by atoms with van der Waals surface area (Å²) in [4.78, 5) is 8.75. The smallest absolute Gasteiger partial charge is 0.181 e. The van der Waals surface area contributed by atoms with Crippen molar-refractivity contribution in [2.75, 3.05) is 0 Å². The molecule has 11 heavy (non-hydrogen) atoms. The summed E-state index contributed by atoms with van der Waals surface area (Å²) in [5, 5.41) is 0. The Hall–Kier alpha value is -1.71. The van der Waals surface area contributed by atoms with Crippen LogP contribution in [0.4, 0.5) is 0 Å². The van der Waals surface area contributed by atoms with E-state index in [-0.39, 0.29) is 0 Å². The van der Waals surface area contributed by atoms with Crippen molar-refractivity contribution in [3.8, 4) is 0 Å². The molecular weight excluding hydrogens is 144 g/mol. The fourth-order valence-electron chi connectivity index (χ4n) is 0.790. The summed E-state index contributed by atoms with van der Waals surface area (Å²) < 4.78 is 4.80. The summed E-state index contributed by atoms with van der Waals surface area (Å²) in [5.74, 6) is 0. The first-order valence-corrected chi connectivity index (χ1v) is 3.14. The number of oxazole rings is 1. The van der Waals surface area contributed by atoms with Gasteiger partial charge in [0.1, 0.15) is 23.9 Å². The molecule has 0 bridgehead atoms. The van der Waals surface area contributed by atoms with Gasteiger partial charge in [0.05, 0.1) is 0 Å². The predicted octanol–water partition coefficient (Wildman–Crippen LogP) is 1.06. The largest absolute Gasteiger partial charge is 0.451 e. The first-order chi connectivity index (χ1) is 5.47. The molecule has 56 valence electrons. The van der Waals surface area contributed by atoms with Crippen molar-refractivity contribution in [1.29, 1.82) is 0 Å². The third kappa shape index (κ3) is 1.10. The van der Waals surface area contributed by atoms with E-state index in [1.165, 1.54) is 6.39 Å². The average Bonchev–Trinajstić information content (AvgIpc) is 2.58. The quantitative estimate of drug-likeness (QED) is 0.650. The van der Waals surface area contributed by atoms with Gasteiger partial charge in [-0.3, -0.25) is 0 Å². The summed E-state index contributed by atoms with van der Waals surface area (Å²) in [6.07, 6.45) is 8.09. The van der Waals surface area contributed by atoms with Crippen LogP contribution < -0.4 is 5.48 Å². The van der Waals surface area contributed by atoms with Crippen LogP contribution in [-0.2, 0) is 4.84 Å². The van der Waals surface area contributed by atoms with Gasteiger partial charge in [0, 0.05) is 0 Å². The Bertz CT molecular complexity index is 287. The van der Waals surface area contributed by atoms with Crippen LogP contribution in [-0.4, -0.2) is 4.98 Å². The van der Waals surface area contributed by atoms with E-state index in [4.69, 9.17) is 9.25 Å². The van der Waals surface area contributed by atoms with Gasteiger partial charge in [-0.15, -0.1) is 0 Å². The summed E-state index contributed by atoms with van der Waals surface area (Å²) >= 11 is 0. The van der Waals surface area contributed by atoms with Crippen molar-refractivity contribution in [2.45, 2.75) is 0 Å².